The van der Waals surface area contributed by atoms with E-state index in [-0.39, 0.29) is 5.57 Å². The molecule has 1 fully saturated rings. The van der Waals surface area contributed by atoms with Crippen LogP contribution in [0.25, 0.3) is 6.08 Å². The maximum absolute atomic E-state index is 12.8. The van der Waals surface area contributed by atoms with Gasteiger partial charge in [0, 0.05) is 5.56 Å². The Morgan fingerprint density at radius 1 is 0.839 bits per heavy atom. The largest absolute Gasteiger partial charge is 0.490 e. The molecule has 0 radical (unpaired) electrons. The van der Waals surface area contributed by atoms with Crippen molar-refractivity contribution in [2.24, 2.45) is 0 Å². The summed E-state index contributed by atoms with van der Waals surface area (Å²) in [7, 11) is 0. The monoisotopic (exact) mass is 414 g/mol. The first kappa shape index (κ1) is 20.2. The second-order valence-corrected chi connectivity index (χ2v) is 7.02. The molecule has 31 heavy (non-hydrogen) atoms. The molecule has 0 bridgehead atoms. The first-order valence-electron chi connectivity index (χ1n) is 9.95. The van der Waals surface area contributed by atoms with E-state index in [1.54, 1.807) is 42.5 Å². The first-order valence-corrected chi connectivity index (χ1v) is 9.95. The van der Waals surface area contributed by atoms with Crippen LogP contribution in [0.15, 0.2) is 84.4 Å². The number of amides is 2. The molecule has 0 aromatic heterocycles. The van der Waals surface area contributed by atoms with Gasteiger partial charge in [-0.05, 0) is 43.3 Å². The van der Waals surface area contributed by atoms with E-state index < -0.39 is 11.8 Å². The normalized spacial score (nSPS) is 14.6. The summed E-state index contributed by atoms with van der Waals surface area (Å²) in [6, 6.07) is 24.0. The zero-order valence-corrected chi connectivity index (χ0v) is 17.1. The lowest BCUT2D eigenvalue weighted by Gasteiger charge is -2.14. The summed E-state index contributed by atoms with van der Waals surface area (Å²) in [5.74, 6) is 0.486. The van der Waals surface area contributed by atoms with Crippen LogP contribution in [0, 0.1) is 6.92 Å². The van der Waals surface area contributed by atoms with E-state index in [0.29, 0.717) is 30.2 Å². The maximum Gasteiger partial charge on any atom is 0.282 e. The van der Waals surface area contributed by atoms with Crippen LogP contribution >= 0.6 is 0 Å². The Balaban J connectivity index is 1.44. The van der Waals surface area contributed by atoms with E-state index in [1.807, 2.05) is 49.4 Å². The standard InChI is InChI=1S/C25H22N2O4/c1-18-11-13-21(14-12-18)30-15-16-31-23-10-6-5-7-19(23)17-22-24(28)26-27(25(22)29)20-8-3-2-4-9-20/h2-14,17H,15-16H2,1H3,(H,26,28). The Kier molecular flexibility index (Phi) is 5.98. The molecule has 1 heterocycles. The molecule has 0 spiro atoms. The van der Waals surface area contributed by atoms with Crippen LogP contribution in [0.3, 0.4) is 0 Å². The molecule has 3 aromatic carbocycles. The van der Waals surface area contributed by atoms with Crippen molar-refractivity contribution >= 4 is 23.6 Å². The molecule has 6 nitrogen and oxygen atoms in total. The number of nitrogens with zero attached hydrogens (tertiary/aromatic N) is 1. The van der Waals surface area contributed by atoms with Gasteiger partial charge in [0.25, 0.3) is 11.8 Å². The van der Waals surface area contributed by atoms with Gasteiger partial charge in [0.2, 0.25) is 0 Å². The molecule has 3 aromatic rings. The Morgan fingerprint density at radius 3 is 2.29 bits per heavy atom. The van der Waals surface area contributed by atoms with Crippen molar-refractivity contribution in [2.75, 3.05) is 18.2 Å². The Hall–Kier alpha value is -4.06. The number of hydrazine groups is 1. The quantitative estimate of drug-likeness (QED) is 0.362. The van der Waals surface area contributed by atoms with E-state index in [1.165, 1.54) is 10.6 Å². The zero-order valence-electron chi connectivity index (χ0n) is 17.1. The van der Waals surface area contributed by atoms with Crippen molar-refractivity contribution in [3.63, 3.8) is 0 Å². The SMILES string of the molecule is Cc1ccc(OCCOc2ccccc2C=C2C(=O)NN(c3ccccc3)C2=O)cc1. The van der Waals surface area contributed by atoms with Crippen molar-refractivity contribution in [1.29, 1.82) is 0 Å². The van der Waals surface area contributed by atoms with E-state index in [4.69, 9.17) is 9.47 Å². The van der Waals surface area contributed by atoms with Gasteiger partial charge in [-0.2, -0.15) is 0 Å². The molecule has 1 aliphatic rings. The molecule has 156 valence electrons. The summed E-state index contributed by atoms with van der Waals surface area (Å²) in [5, 5.41) is 1.24. The van der Waals surface area contributed by atoms with Gasteiger partial charge in [0.1, 0.15) is 30.3 Å². The number of hydrogen-bond donors (Lipinski definition) is 1. The van der Waals surface area contributed by atoms with Gasteiger partial charge in [-0.1, -0.05) is 54.1 Å². The van der Waals surface area contributed by atoms with Gasteiger partial charge in [-0.15, -0.1) is 0 Å². The van der Waals surface area contributed by atoms with E-state index in [0.717, 1.165) is 5.75 Å². The van der Waals surface area contributed by atoms with Crippen LogP contribution in [-0.4, -0.2) is 25.0 Å². The van der Waals surface area contributed by atoms with Crippen molar-refractivity contribution in [2.45, 2.75) is 6.92 Å². The molecule has 4 rings (SSSR count). The lowest BCUT2D eigenvalue weighted by molar-refractivity contribution is -0.117. The summed E-state index contributed by atoms with van der Waals surface area (Å²) >= 11 is 0. The molecule has 1 saturated heterocycles. The van der Waals surface area contributed by atoms with Gasteiger partial charge in [0.05, 0.1) is 5.69 Å². The fourth-order valence-corrected chi connectivity index (χ4v) is 3.15. The highest BCUT2D eigenvalue weighted by Crippen LogP contribution is 2.25. The predicted molar refractivity (Wildman–Crippen MR) is 119 cm³/mol. The van der Waals surface area contributed by atoms with Crippen LogP contribution < -0.4 is 19.9 Å². The molecule has 1 N–H and O–H groups in total. The van der Waals surface area contributed by atoms with Crippen molar-refractivity contribution in [3.8, 4) is 11.5 Å². The molecular formula is C25H22N2O4. The number of nitrogens with one attached hydrogen (secondary N) is 1. The Labute approximate surface area is 180 Å². The molecule has 0 unspecified atom stereocenters. The number of carbonyl (C=O) groups is 2. The molecule has 6 heteroatoms. The summed E-state index contributed by atoms with van der Waals surface area (Å²) in [6.07, 6.45) is 1.55. The van der Waals surface area contributed by atoms with Gasteiger partial charge >= 0.3 is 0 Å². The summed E-state index contributed by atoms with van der Waals surface area (Å²) in [4.78, 5) is 25.2. The van der Waals surface area contributed by atoms with Crippen LogP contribution in [0.1, 0.15) is 11.1 Å². The number of anilines is 1. The minimum absolute atomic E-state index is 0.0517. The number of carbonyl (C=O) groups excluding carboxylic acids is 2. The van der Waals surface area contributed by atoms with Crippen LogP contribution in [0.5, 0.6) is 11.5 Å². The summed E-state index contributed by atoms with van der Waals surface area (Å²) in [6.45, 7) is 2.71. The average molecular weight is 414 g/mol. The average Bonchev–Trinajstić information content (AvgIpc) is 3.08. The summed E-state index contributed by atoms with van der Waals surface area (Å²) in [5.41, 5.74) is 5.06. The Morgan fingerprint density at radius 2 is 1.52 bits per heavy atom. The molecule has 0 atom stereocenters. The highest BCUT2D eigenvalue weighted by atomic mass is 16.5. The fourth-order valence-electron chi connectivity index (χ4n) is 3.15. The van der Waals surface area contributed by atoms with E-state index in [2.05, 4.69) is 5.43 Å². The second kappa shape index (κ2) is 9.17. The maximum atomic E-state index is 12.8. The van der Waals surface area contributed by atoms with Gasteiger partial charge in [-0.25, -0.2) is 5.01 Å². The molecule has 2 amide bonds. The van der Waals surface area contributed by atoms with Gasteiger partial charge in [0.15, 0.2) is 0 Å². The third-order valence-electron chi connectivity index (χ3n) is 4.76. The minimum atomic E-state index is -0.452. The molecule has 0 saturated carbocycles. The molecule has 1 aliphatic heterocycles. The number of para-hydroxylation sites is 2. The highest BCUT2D eigenvalue weighted by molar-refractivity contribution is 6.31. The first-order chi connectivity index (χ1) is 15.1. The Bertz CT molecular complexity index is 1110. The predicted octanol–water partition coefficient (Wildman–Crippen LogP) is 3.91. The number of benzene rings is 3. The van der Waals surface area contributed by atoms with Gasteiger partial charge < -0.3 is 9.47 Å². The second-order valence-electron chi connectivity index (χ2n) is 7.02. The van der Waals surface area contributed by atoms with Crippen molar-refractivity contribution in [1.82, 2.24) is 5.43 Å². The van der Waals surface area contributed by atoms with Crippen LogP contribution in [0.2, 0.25) is 0 Å². The van der Waals surface area contributed by atoms with Crippen molar-refractivity contribution in [3.05, 3.63) is 95.6 Å². The number of rotatable bonds is 7. The summed E-state index contributed by atoms with van der Waals surface area (Å²) < 4.78 is 11.5. The van der Waals surface area contributed by atoms with E-state index >= 15 is 0 Å². The lowest BCUT2D eigenvalue weighted by atomic mass is 10.1. The minimum Gasteiger partial charge on any atom is -0.490 e. The molecular weight excluding hydrogens is 392 g/mol. The van der Waals surface area contributed by atoms with Crippen molar-refractivity contribution < 1.29 is 19.1 Å². The third-order valence-corrected chi connectivity index (χ3v) is 4.76. The van der Waals surface area contributed by atoms with E-state index in [9.17, 15) is 9.59 Å². The topological polar surface area (TPSA) is 67.9 Å². The lowest BCUT2D eigenvalue weighted by Crippen LogP contribution is -2.35. The number of ether oxygens (including phenoxy) is 2. The molecule has 0 aliphatic carbocycles. The number of aryl methyl sites for hydroxylation is 1. The zero-order chi connectivity index (χ0) is 21.6. The fraction of sp³-hybridized carbons (Fsp3) is 0.120. The highest BCUT2D eigenvalue weighted by Gasteiger charge is 2.34. The third kappa shape index (κ3) is 4.75. The smallest absolute Gasteiger partial charge is 0.282 e. The van der Waals surface area contributed by atoms with Crippen LogP contribution in [0.4, 0.5) is 5.69 Å². The number of hydrogen-bond acceptors (Lipinski definition) is 4. The van der Waals surface area contributed by atoms with Gasteiger partial charge in [-0.3, -0.25) is 15.0 Å². The van der Waals surface area contributed by atoms with Crippen LogP contribution in [-0.2, 0) is 9.59 Å².